The minimum Gasteiger partial charge on any atom is -0.345 e. The standard InChI is InChI=1S/C11H15NO/c1-8-6-10(7-13)9(2)12(8)11-4-3-5-11/h6-7,11H,3-5H2,1-2H3. The van der Waals surface area contributed by atoms with Crippen molar-refractivity contribution in [3.8, 4) is 0 Å². The molecule has 0 aliphatic heterocycles. The van der Waals surface area contributed by atoms with Crippen molar-refractivity contribution in [1.82, 2.24) is 4.57 Å². The zero-order chi connectivity index (χ0) is 9.42. The summed E-state index contributed by atoms with van der Waals surface area (Å²) in [7, 11) is 0. The maximum atomic E-state index is 10.7. The van der Waals surface area contributed by atoms with Gasteiger partial charge >= 0.3 is 0 Å². The number of carbonyl (C=O) groups excluding carboxylic acids is 1. The molecule has 1 saturated carbocycles. The van der Waals surface area contributed by atoms with Gasteiger partial charge in [-0.15, -0.1) is 0 Å². The van der Waals surface area contributed by atoms with Crippen molar-refractivity contribution in [2.75, 3.05) is 0 Å². The third-order valence-electron chi connectivity index (χ3n) is 3.09. The molecule has 1 fully saturated rings. The van der Waals surface area contributed by atoms with E-state index in [2.05, 4.69) is 11.5 Å². The van der Waals surface area contributed by atoms with Gasteiger partial charge in [-0.05, 0) is 39.2 Å². The molecule has 0 saturated heterocycles. The van der Waals surface area contributed by atoms with Gasteiger partial charge in [0.05, 0.1) is 0 Å². The third-order valence-corrected chi connectivity index (χ3v) is 3.09. The summed E-state index contributed by atoms with van der Waals surface area (Å²) < 4.78 is 2.31. The van der Waals surface area contributed by atoms with Crippen molar-refractivity contribution < 1.29 is 4.79 Å². The van der Waals surface area contributed by atoms with Crippen LogP contribution in [-0.2, 0) is 0 Å². The minimum atomic E-state index is 0.661. The largest absolute Gasteiger partial charge is 0.345 e. The summed E-state index contributed by atoms with van der Waals surface area (Å²) in [6, 6.07) is 2.65. The Kier molecular flexibility index (Phi) is 1.98. The van der Waals surface area contributed by atoms with Crippen LogP contribution in [0, 0.1) is 13.8 Å². The highest BCUT2D eigenvalue weighted by molar-refractivity contribution is 5.77. The predicted octanol–water partition coefficient (Wildman–Crippen LogP) is 2.64. The summed E-state index contributed by atoms with van der Waals surface area (Å²) in [5, 5.41) is 0. The second kappa shape index (κ2) is 3.02. The highest BCUT2D eigenvalue weighted by Crippen LogP contribution is 2.34. The highest BCUT2D eigenvalue weighted by Gasteiger charge is 2.22. The normalized spacial score (nSPS) is 17.1. The predicted molar refractivity (Wildman–Crippen MR) is 52.2 cm³/mol. The molecule has 13 heavy (non-hydrogen) atoms. The Bertz CT molecular complexity index is 334. The van der Waals surface area contributed by atoms with Gasteiger partial charge in [0.25, 0.3) is 0 Å². The lowest BCUT2D eigenvalue weighted by Gasteiger charge is -2.30. The van der Waals surface area contributed by atoms with E-state index in [0.717, 1.165) is 17.5 Å². The Morgan fingerprint density at radius 1 is 1.46 bits per heavy atom. The zero-order valence-electron chi connectivity index (χ0n) is 8.21. The van der Waals surface area contributed by atoms with Gasteiger partial charge < -0.3 is 4.57 Å². The quantitative estimate of drug-likeness (QED) is 0.636. The van der Waals surface area contributed by atoms with Crippen LogP contribution in [0.1, 0.15) is 47.1 Å². The Hall–Kier alpha value is -1.05. The zero-order valence-corrected chi connectivity index (χ0v) is 8.21. The number of aromatic nitrogens is 1. The van der Waals surface area contributed by atoms with Gasteiger partial charge in [0.2, 0.25) is 0 Å². The Balaban J connectivity index is 2.42. The topological polar surface area (TPSA) is 22.0 Å². The van der Waals surface area contributed by atoms with Crippen LogP contribution in [-0.4, -0.2) is 10.9 Å². The fourth-order valence-electron chi connectivity index (χ4n) is 2.13. The van der Waals surface area contributed by atoms with E-state index in [0.29, 0.717) is 6.04 Å². The Morgan fingerprint density at radius 2 is 2.15 bits per heavy atom. The van der Waals surface area contributed by atoms with E-state index in [4.69, 9.17) is 0 Å². The molecule has 2 rings (SSSR count). The maximum Gasteiger partial charge on any atom is 0.151 e. The number of carbonyl (C=O) groups is 1. The lowest BCUT2D eigenvalue weighted by atomic mass is 9.92. The molecule has 1 aromatic rings. The first kappa shape index (κ1) is 8.54. The van der Waals surface area contributed by atoms with Crippen molar-refractivity contribution in [3.05, 3.63) is 23.0 Å². The third kappa shape index (κ3) is 1.21. The van der Waals surface area contributed by atoms with E-state index >= 15 is 0 Å². The fraction of sp³-hybridized carbons (Fsp3) is 0.545. The molecule has 1 aliphatic carbocycles. The van der Waals surface area contributed by atoms with Crippen LogP contribution in [0.3, 0.4) is 0 Å². The van der Waals surface area contributed by atoms with E-state index in [1.807, 2.05) is 13.0 Å². The van der Waals surface area contributed by atoms with E-state index in [1.54, 1.807) is 0 Å². The average Bonchev–Trinajstić information content (AvgIpc) is 2.29. The van der Waals surface area contributed by atoms with Gasteiger partial charge in [0.15, 0.2) is 6.29 Å². The molecule has 0 atom stereocenters. The molecule has 1 aliphatic rings. The fourth-order valence-corrected chi connectivity index (χ4v) is 2.13. The Morgan fingerprint density at radius 3 is 2.54 bits per heavy atom. The molecule has 2 nitrogen and oxygen atoms in total. The first-order valence-corrected chi connectivity index (χ1v) is 4.87. The molecule has 1 heterocycles. The monoisotopic (exact) mass is 177 g/mol. The van der Waals surface area contributed by atoms with Crippen LogP contribution < -0.4 is 0 Å². The minimum absolute atomic E-state index is 0.661. The number of nitrogens with zero attached hydrogens (tertiary/aromatic N) is 1. The molecular formula is C11H15NO. The van der Waals surface area contributed by atoms with Crippen molar-refractivity contribution in [3.63, 3.8) is 0 Å². The van der Waals surface area contributed by atoms with E-state index in [1.165, 1.54) is 25.0 Å². The van der Waals surface area contributed by atoms with Crippen LogP contribution in [0.15, 0.2) is 6.07 Å². The van der Waals surface area contributed by atoms with Gasteiger partial charge in [-0.3, -0.25) is 4.79 Å². The molecule has 1 aromatic heterocycles. The summed E-state index contributed by atoms with van der Waals surface area (Å²) in [4.78, 5) is 10.7. The van der Waals surface area contributed by atoms with Crippen molar-refractivity contribution in [2.24, 2.45) is 0 Å². The summed E-state index contributed by atoms with van der Waals surface area (Å²) in [5.41, 5.74) is 3.21. The number of rotatable bonds is 2. The molecular weight excluding hydrogens is 162 g/mol. The van der Waals surface area contributed by atoms with Crippen LogP contribution in [0.5, 0.6) is 0 Å². The molecule has 0 spiro atoms. The number of hydrogen-bond acceptors (Lipinski definition) is 1. The summed E-state index contributed by atoms with van der Waals surface area (Å²) >= 11 is 0. The lowest BCUT2D eigenvalue weighted by Crippen LogP contribution is -2.19. The van der Waals surface area contributed by atoms with Gasteiger partial charge in [0, 0.05) is 23.0 Å². The van der Waals surface area contributed by atoms with Gasteiger partial charge in [-0.1, -0.05) is 0 Å². The molecule has 70 valence electrons. The number of aryl methyl sites for hydroxylation is 1. The second-order valence-electron chi connectivity index (χ2n) is 3.90. The van der Waals surface area contributed by atoms with Crippen molar-refractivity contribution >= 4 is 6.29 Å². The molecule has 0 bridgehead atoms. The van der Waals surface area contributed by atoms with Crippen LogP contribution in [0.4, 0.5) is 0 Å². The average molecular weight is 177 g/mol. The van der Waals surface area contributed by atoms with E-state index in [-0.39, 0.29) is 0 Å². The summed E-state index contributed by atoms with van der Waals surface area (Å²) in [6.45, 7) is 4.12. The van der Waals surface area contributed by atoms with Crippen LogP contribution >= 0.6 is 0 Å². The van der Waals surface area contributed by atoms with Gasteiger partial charge in [-0.2, -0.15) is 0 Å². The second-order valence-corrected chi connectivity index (χ2v) is 3.90. The number of aldehydes is 1. The first-order chi connectivity index (χ1) is 6.24. The number of hydrogen-bond donors (Lipinski definition) is 0. The molecule has 0 aromatic carbocycles. The van der Waals surface area contributed by atoms with Crippen molar-refractivity contribution in [2.45, 2.75) is 39.2 Å². The summed E-state index contributed by atoms with van der Waals surface area (Å²) in [6.07, 6.45) is 4.83. The molecule has 2 heteroatoms. The van der Waals surface area contributed by atoms with Crippen LogP contribution in [0.2, 0.25) is 0 Å². The lowest BCUT2D eigenvalue weighted by molar-refractivity contribution is 0.112. The molecule has 0 unspecified atom stereocenters. The molecule has 0 N–H and O–H groups in total. The molecule has 0 amide bonds. The van der Waals surface area contributed by atoms with Crippen molar-refractivity contribution in [1.29, 1.82) is 0 Å². The van der Waals surface area contributed by atoms with Crippen LogP contribution in [0.25, 0.3) is 0 Å². The molecule has 0 radical (unpaired) electrons. The van der Waals surface area contributed by atoms with Gasteiger partial charge in [-0.25, -0.2) is 0 Å². The van der Waals surface area contributed by atoms with Gasteiger partial charge in [0.1, 0.15) is 0 Å². The first-order valence-electron chi connectivity index (χ1n) is 4.87. The highest BCUT2D eigenvalue weighted by atomic mass is 16.1. The smallest absolute Gasteiger partial charge is 0.151 e. The Labute approximate surface area is 78.6 Å². The van der Waals surface area contributed by atoms with E-state index in [9.17, 15) is 4.79 Å². The SMILES string of the molecule is Cc1cc(C=O)c(C)n1C1CCC1. The maximum absolute atomic E-state index is 10.7. The summed E-state index contributed by atoms with van der Waals surface area (Å²) in [5.74, 6) is 0. The van der Waals surface area contributed by atoms with E-state index < -0.39 is 0 Å².